The van der Waals surface area contributed by atoms with Gasteiger partial charge in [0.1, 0.15) is 0 Å². The molecule has 1 fully saturated rings. The van der Waals surface area contributed by atoms with Crippen LogP contribution in [0.2, 0.25) is 0 Å². The molecule has 3 nitrogen and oxygen atoms in total. The molecule has 1 aliphatic carbocycles. The number of anilines is 1. The van der Waals surface area contributed by atoms with Gasteiger partial charge in [-0.15, -0.1) is 0 Å². The lowest BCUT2D eigenvalue weighted by molar-refractivity contribution is 0.848. The predicted octanol–water partition coefficient (Wildman–Crippen LogP) is 3.84. The van der Waals surface area contributed by atoms with E-state index in [0.29, 0.717) is 12.0 Å². The van der Waals surface area contributed by atoms with E-state index in [1.807, 2.05) is 12.3 Å². The zero-order chi connectivity index (χ0) is 13.2. The van der Waals surface area contributed by atoms with Crippen LogP contribution in [0, 0.1) is 0 Å². The number of hydrogen-bond acceptors (Lipinski definition) is 3. The molecule has 1 aliphatic rings. The lowest BCUT2D eigenvalue weighted by Crippen LogP contribution is -2.07. The number of aromatic nitrogens is 2. The fraction of sp³-hybridized carbons (Fsp3) is 0.375. The molecule has 0 radical (unpaired) electrons. The van der Waals surface area contributed by atoms with Crippen molar-refractivity contribution in [2.24, 2.45) is 0 Å². The summed E-state index contributed by atoms with van der Waals surface area (Å²) in [5, 5.41) is 3.37. The molecular formula is C16H19N3. The van der Waals surface area contributed by atoms with Crippen molar-refractivity contribution in [1.29, 1.82) is 0 Å². The van der Waals surface area contributed by atoms with E-state index in [2.05, 4.69) is 48.4 Å². The number of hydrogen-bond donors (Lipinski definition) is 1. The average molecular weight is 253 g/mol. The van der Waals surface area contributed by atoms with Gasteiger partial charge in [-0.3, -0.25) is 0 Å². The fourth-order valence-corrected chi connectivity index (χ4v) is 2.12. The van der Waals surface area contributed by atoms with Crippen molar-refractivity contribution in [3.63, 3.8) is 0 Å². The average Bonchev–Trinajstić information content (AvgIpc) is 3.23. The van der Waals surface area contributed by atoms with Crippen LogP contribution < -0.4 is 5.32 Å². The van der Waals surface area contributed by atoms with E-state index in [1.165, 1.54) is 18.4 Å². The molecule has 0 bridgehead atoms. The Morgan fingerprint density at radius 3 is 2.53 bits per heavy atom. The first-order valence-corrected chi connectivity index (χ1v) is 6.93. The highest BCUT2D eigenvalue weighted by molar-refractivity contribution is 5.64. The zero-order valence-electron chi connectivity index (χ0n) is 11.4. The molecule has 1 aromatic carbocycles. The second-order valence-electron chi connectivity index (χ2n) is 5.44. The molecule has 19 heavy (non-hydrogen) atoms. The molecule has 0 aliphatic heterocycles. The standard InChI is InChI=1S/C16H19N3/c1-11(2)14-10-17-16(18-13-8-9-13)19-15(14)12-6-4-3-5-7-12/h3-7,10-11,13H,8-9H2,1-2H3,(H,17,18,19). The Morgan fingerprint density at radius 1 is 1.16 bits per heavy atom. The van der Waals surface area contributed by atoms with E-state index in [-0.39, 0.29) is 0 Å². The van der Waals surface area contributed by atoms with Gasteiger partial charge in [0.15, 0.2) is 0 Å². The Bertz CT molecular complexity index is 559. The van der Waals surface area contributed by atoms with Gasteiger partial charge in [0, 0.05) is 17.8 Å². The molecule has 1 aromatic heterocycles. The Kier molecular flexibility index (Phi) is 3.20. The molecule has 0 atom stereocenters. The van der Waals surface area contributed by atoms with Crippen molar-refractivity contribution in [3.8, 4) is 11.3 Å². The molecule has 1 heterocycles. The van der Waals surface area contributed by atoms with Crippen LogP contribution in [0.15, 0.2) is 36.5 Å². The Labute approximate surface area is 114 Å². The molecular weight excluding hydrogens is 234 g/mol. The molecule has 0 spiro atoms. The third kappa shape index (κ3) is 2.75. The van der Waals surface area contributed by atoms with Gasteiger partial charge >= 0.3 is 0 Å². The summed E-state index contributed by atoms with van der Waals surface area (Å²) >= 11 is 0. The molecule has 3 rings (SSSR count). The number of nitrogens with zero attached hydrogens (tertiary/aromatic N) is 2. The Hall–Kier alpha value is -1.90. The minimum Gasteiger partial charge on any atom is -0.351 e. The largest absolute Gasteiger partial charge is 0.351 e. The third-order valence-corrected chi connectivity index (χ3v) is 3.40. The van der Waals surface area contributed by atoms with Gasteiger partial charge in [-0.1, -0.05) is 44.2 Å². The normalized spacial score (nSPS) is 14.7. The van der Waals surface area contributed by atoms with Crippen molar-refractivity contribution in [2.45, 2.75) is 38.6 Å². The molecule has 98 valence electrons. The maximum atomic E-state index is 4.72. The molecule has 0 unspecified atom stereocenters. The second-order valence-corrected chi connectivity index (χ2v) is 5.44. The summed E-state index contributed by atoms with van der Waals surface area (Å²) in [5.41, 5.74) is 3.41. The van der Waals surface area contributed by atoms with E-state index < -0.39 is 0 Å². The minimum atomic E-state index is 0.421. The van der Waals surface area contributed by atoms with Crippen LogP contribution in [0.1, 0.15) is 38.2 Å². The van der Waals surface area contributed by atoms with E-state index in [4.69, 9.17) is 4.98 Å². The fourth-order valence-electron chi connectivity index (χ4n) is 2.12. The first-order chi connectivity index (χ1) is 9.24. The summed E-state index contributed by atoms with van der Waals surface area (Å²) in [5.74, 6) is 1.18. The second kappa shape index (κ2) is 5.00. The van der Waals surface area contributed by atoms with Crippen LogP contribution in [0.4, 0.5) is 5.95 Å². The predicted molar refractivity (Wildman–Crippen MR) is 78.2 cm³/mol. The van der Waals surface area contributed by atoms with Gasteiger partial charge in [-0.05, 0) is 24.3 Å². The van der Waals surface area contributed by atoms with Crippen molar-refractivity contribution < 1.29 is 0 Å². The SMILES string of the molecule is CC(C)c1cnc(NC2CC2)nc1-c1ccccc1. The highest BCUT2D eigenvalue weighted by Crippen LogP contribution is 2.29. The monoisotopic (exact) mass is 253 g/mol. The number of benzene rings is 1. The summed E-state index contributed by atoms with van der Waals surface area (Å²) in [7, 11) is 0. The van der Waals surface area contributed by atoms with Crippen molar-refractivity contribution >= 4 is 5.95 Å². The molecule has 0 amide bonds. The van der Waals surface area contributed by atoms with Gasteiger partial charge in [0.05, 0.1) is 5.69 Å². The zero-order valence-corrected chi connectivity index (χ0v) is 11.4. The summed E-state index contributed by atoms with van der Waals surface area (Å²) in [6.07, 6.45) is 4.43. The molecule has 2 aromatic rings. The van der Waals surface area contributed by atoms with Crippen LogP contribution in [0.3, 0.4) is 0 Å². The van der Waals surface area contributed by atoms with Crippen LogP contribution in [0.25, 0.3) is 11.3 Å². The summed E-state index contributed by atoms with van der Waals surface area (Å²) < 4.78 is 0. The van der Waals surface area contributed by atoms with Gasteiger partial charge in [0.25, 0.3) is 0 Å². The Morgan fingerprint density at radius 2 is 1.89 bits per heavy atom. The van der Waals surface area contributed by atoms with Crippen molar-refractivity contribution in [3.05, 3.63) is 42.1 Å². The number of rotatable bonds is 4. The van der Waals surface area contributed by atoms with Gasteiger partial charge in [-0.25, -0.2) is 9.97 Å². The van der Waals surface area contributed by atoms with Crippen LogP contribution in [0.5, 0.6) is 0 Å². The highest BCUT2D eigenvalue weighted by Gasteiger charge is 2.22. The van der Waals surface area contributed by atoms with Crippen LogP contribution in [-0.2, 0) is 0 Å². The Balaban J connectivity index is 2.02. The number of nitrogens with one attached hydrogen (secondary N) is 1. The van der Waals surface area contributed by atoms with Crippen molar-refractivity contribution in [1.82, 2.24) is 9.97 Å². The van der Waals surface area contributed by atoms with E-state index >= 15 is 0 Å². The smallest absolute Gasteiger partial charge is 0.223 e. The van der Waals surface area contributed by atoms with Crippen molar-refractivity contribution in [2.75, 3.05) is 5.32 Å². The third-order valence-electron chi connectivity index (χ3n) is 3.40. The molecule has 0 saturated heterocycles. The van der Waals surface area contributed by atoms with Crippen LogP contribution >= 0.6 is 0 Å². The molecule has 1 saturated carbocycles. The first kappa shape index (κ1) is 12.2. The summed E-state index contributed by atoms with van der Waals surface area (Å²) in [4.78, 5) is 9.17. The lowest BCUT2D eigenvalue weighted by atomic mass is 9.99. The minimum absolute atomic E-state index is 0.421. The van der Waals surface area contributed by atoms with E-state index in [1.54, 1.807) is 0 Å². The summed E-state index contributed by atoms with van der Waals surface area (Å²) in [6, 6.07) is 10.9. The van der Waals surface area contributed by atoms with E-state index in [0.717, 1.165) is 17.2 Å². The van der Waals surface area contributed by atoms with Gasteiger partial charge < -0.3 is 5.32 Å². The first-order valence-electron chi connectivity index (χ1n) is 6.93. The maximum Gasteiger partial charge on any atom is 0.223 e. The highest BCUT2D eigenvalue weighted by atomic mass is 15.1. The maximum absolute atomic E-state index is 4.72. The van der Waals surface area contributed by atoms with Gasteiger partial charge in [0.2, 0.25) is 5.95 Å². The van der Waals surface area contributed by atoms with Crippen LogP contribution in [-0.4, -0.2) is 16.0 Å². The lowest BCUT2D eigenvalue weighted by Gasteiger charge is -2.13. The van der Waals surface area contributed by atoms with Gasteiger partial charge in [-0.2, -0.15) is 0 Å². The quantitative estimate of drug-likeness (QED) is 0.899. The molecule has 1 N–H and O–H groups in total. The summed E-state index contributed by atoms with van der Waals surface area (Å²) in [6.45, 7) is 4.36. The molecule has 3 heteroatoms. The van der Waals surface area contributed by atoms with E-state index in [9.17, 15) is 0 Å². The topological polar surface area (TPSA) is 37.8 Å².